The van der Waals surface area contributed by atoms with Crippen molar-refractivity contribution >= 4 is 23.4 Å². The SMILES string of the molecule is CCN(C)C(=O)C(C)Nc1nc(C(=O)O)ccc1N. The van der Waals surface area contributed by atoms with E-state index in [-0.39, 0.29) is 17.4 Å². The summed E-state index contributed by atoms with van der Waals surface area (Å²) in [5.74, 6) is -1.07. The molecule has 1 atom stereocenters. The van der Waals surface area contributed by atoms with Gasteiger partial charge in [0.2, 0.25) is 5.91 Å². The Morgan fingerprint density at radius 2 is 2.16 bits per heavy atom. The predicted octanol–water partition coefficient (Wildman–Crippen LogP) is 0.641. The number of amides is 1. The summed E-state index contributed by atoms with van der Waals surface area (Å²) in [6, 6.07) is 2.22. The van der Waals surface area contributed by atoms with Crippen LogP contribution in [0, 0.1) is 0 Å². The predicted molar refractivity (Wildman–Crippen MR) is 72.0 cm³/mol. The maximum atomic E-state index is 11.9. The Morgan fingerprint density at radius 3 is 2.68 bits per heavy atom. The van der Waals surface area contributed by atoms with Gasteiger partial charge in [-0.25, -0.2) is 9.78 Å². The van der Waals surface area contributed by atoms with Crippen molar-refractivity contribution in [2.24, 2.45) is 0 Å². The lowest BCUT2D eigenvalue weighted by Crippen LogP contribution is -2.39. The minimum Gasteiger partial charge on any atom is -0.477 e. The molecule has 1 rings (SSSR count). The average Bonchev–Trinajstić information content (AvgIpc) is 2.38. The topological polar surface area (TPSA) is 109 Å². The maximum Gasteiger partial charge on any atom is 0.354 e. The monoisotopic (exact) mass is 266 g/mol. The highest BCUT2D eigenvalue weighted by Gasteiger charge is 2.18. The summed E-state index contributed by atoms with van der Waals surface area (Å²) in [5, 5.41) is 11.7. The average molecular weight is 266 g/mol. The number of pyridine rings is 1. The van der Waals surface area contributed by atoms with Gasteiger partial charge in [-0.3, -0.25) is 4.79 Å². The van der Waals surface area contributed by atoms with E-state index in [2.05, 4.69) is 10.3 Å². The van der Waals surface area contributed by atoms with Crippen LogP contribution in [0.4, 0.5) is 11.5 Å². The quantitative estimate of drug-likeness (QED) is 0.721. The molecular formula is C12H18N4O3. The number of anilines is 2. The summed E-state index contributed by atoms with van der Waals surface area (Å²) in [7, 11) is 1.69. The zero-order valence-corrected chi connectivity index (χ0v) is 11.2. The number of hydrogen-bond acceptors (Lipinski definition) is 5. The largest absolute Gasteiger partial charge is 0.477 e. The van der Waals surface area contributed by atoms with Gasteiger partial charge in [0, 0.05) is 13.6 Å². The van der Waals surface area contributed by atoms with E-state index in [9.17, 15) is 9.59 Å². The third kappa shape index (κ3) is 3.57. The number of nitrogen functional groups attached to an aromatic ring is 1. The summed E-state index contributed by atoms with van der Waals surface area (Å²) in [5.41, 5.74) is 5.87. The molecule has 0 bridgehead atoms. The van der Waals surface area contributed by atoms with Gasteiger partial charge in [-0.2, -0.15) is 0 Å². The summed E-state index contributed by atoms with van der Waals surface area (Å²) in [4.78, 5) is 28.1. The van der Waals surface area contributed by atoms with Gasteiger partial charge >= 0.3 is 5.97 Å². The molecule has 0 aromatic carbocycles. The van der Waals surface area contributed by atoms with E-state index < -0.39 is 12.0 Å². The first-order valence-corrected chi connectivity index (χ1v) is 5.88. The van der Waals surface area contributed by atoms with E-state index >= 15 is 0 Å². The molecule has 104 valence electrons. The van der Waals surface area contributed by atoms with Crippen molar-refractivity contribution in [3.8, 4) is 0 Å². The van der Waals surface area contributed by atoms with Gasteiger partial charge in [0.25, 0.3) is 0 Å². The molecule has 0 aliphatic carbocycles. The molecule has 0 saturated heterocycles. The molecule has 1 heterocycles. The standard InChI is InChI=1S/C12H18N4O3/c1-4-16(3)11(17)7(2)14-10-8(13)5-6-9(15-10)12(18)19/h5-7H,4,13H2,1-3H3,(H,14,15)(H,18,19). The van der Waals surface area contributed by atoms with E-state index in [1.807, 2.05) is 6.92 Å². The number of nitrogens with two attached hydrogens (primary N) is 1. The van der Waals surface area contributed by atoms with E-state index in [0.717, 1.165) is 0 Å². The highest BCUT2D eigenvalue weighted by molar-refractivity contribution is 5.88. The first-order chi connectivity index (χ1) is 8.86. The zero-order valence-electron chi connectivity index (χ0n) is 11.2. The molecule has 7 heteroatoms. The van der Waals surface area contributed by atoms with Crippen LogP contribution in [0.1, 0.15) is 24.3 Å². The van der Waals surface area contributed by atoms with Gasteiger partial charge in [-0.05, 0) is 26.0 Å². The fraction of sp³-hybridized carbons (Fsp3) is 0.417. The molecule has 1 amide bonds. The minimum absolute atomic E-state index is 0.121. The van der Waals surface area contributed by atoms with Crippen LogP contribution >= 0.6 is 0 Å². The van der Waals surface area contributed by atoms with Gasteiger partial charge in [0.15, 0.2) is 11.5 Å². The van der Waals surface area contributed by atoms with Crippen LogP contribution in [0.25, 0.3) is 0 Å². The number of carboxylic acids is 1. The minimum atomic E-state index is -1.15. The molecule has 0 radical (unpaired) electrons. The Kier molecular flexibility index (Phi) is 4.68. The molecule has 0 spiro atoms. The van der Waals surface area contributed by atoms with Crippen molar-refractivity contribution in [2.75, 3.05) is 24.6 Å². The Bertz CT molecular complexity index is 490. The third-order valence-electron chi connectivity index (χ3n) is 2.72. The summed E-state index contributed by atoms with van der Waals surface area (Å²) < 4.78 is 0. The second-order valence-electron chi connectivity index (χ2n) is 4.16. The van der Waals surface area contributed by atoms with Crippen molar-refractivity contribution < 1.29 is 14.7 Å². The Labute approximate surface area is 111 Å². The number of nitrogens with zero attached hydrogens (tertiary/aromatic N) is 2. The summed E-state index contributed by atoms with van der Waals surface area (Å²) >= 11 is 0. The number of carbonyl (C=O) groups excluding carboxylic acids is 1. The van der Waals surface area contributed by atoms with Gasteiger partial charge in [-0.15, -0.1) is 0 Å². The first kappa shape index (κ1) is 14.7. The molecule has 7 nitrogen and oxygen atoms in total. The van der Waals surface area contributed by atoms with E-state index in [1.54, 1.807) is 18.9 Å². The highest BCUT2D eigenvalue weighted by atomic mass is 16.4. The highest BCUT2D eigenvalue weighted by Crippen LogP contribution is 2.17. The van der Waals surface area contributed by atoms with Crippen LogP contribution < -0.4 is 11.1 Å². The number of nitrogens with one attached hydrogen (secondary N) is 1. The van der Waals surface area contributed by atoms with Crippen LogP contribution in [-0.4, -0.2) is 46.5 Å². The normalized spacial score (nSPS) is 11.7. The molecule has 1 aromatic rings. The number of aromatic nitrogens is 1. The van der Waals surface area contributed by atoms with Crippen molar-refractivity contribution in [3.63, 3.8) is 0 Å². The van der Waals surface area contributed by atoms with Crippen LogP contribution in [0.3, 0.4) is 0 Å². The smallest absolute Gasteiger partial charge is 0.354 e. The van der Waals surface area contributed by atoms with Gasteiger partial charge in [0.05, 0.1) is 5.69 Å². The van der Waals surface area contributed by atoms with Crippen LogP contribution in [-0.2, 0) is 4.79 Å². The molecule has 0 saturated carbocycles. The van der Waals surface area contributed by atoms with Crippen molar-refractivity contribution in [1.29, 1.82) is 0 Å². The Hall–Kier alpha value is -2.31. The number of hydrogen-bond donors (Lipinski definition) is 3. The van der Waals surface area contributed by atoms with Crippen molar-refractivity contribution in [1.82, 2.24) is 9.88 Å². The van der Waals surface area contributed by atoms with E-state index in [4.69, 9.17) is 10.8 Å². The second kappa shape index (κ2) is 6.03. The number of carbonyl (C=O) groups is 2. The maximum absolute atomic E-state index is 11.9. The number of carboxylic acid groups (broad SMARTS) is 1. The summed E-state index contributed by atoms with van der Waals surface area (Å²) in [6.45, 7) is 4.12. The Balaban J connectivity index is 2.90. The molecule has 0 aliphatic heterocycles. The molecular weight excluding hydrogens is 248 g/mol. The molecule has 4 N–H and O–H groups in total. The molecule has 1 aromatic heterocycles. The number of aromatic carboxylic acids is 1. The van der Waals surface area contributed by atoms with Gasteiger partial charge in [-0.1, -0.05) is 0 Å². The van der Waals surface area contributed by atoms with Crippen molar-refractivity contribution in [2.45, 2.75) is 19.9 Å². The number of likely N-dealkylation sites (N-methyl/N-ethyl adjacent to an activating group) is 1. The van der Waals surface area contributed by atoms with E-state index in [1.165, 1.54) is 12.1 Å². The zero-order chi connectivity index (χ0) is 14.6. The third-order valence-corrected chi connectivity index (χ3v) is 2.72. The molecule has 0 aliphatic rings. The van der Waals surface area contributed by atoms with Crippen LogP contribution in [0.15, 0.2) is 12.1 Å². The molecule has 0 fully saturated rings. The molecule has 19 heavy (non-hydrogen) atoms. The lowest BCUT2D eigenvalue weighted by atomic mass is 10.2. The fourth-order valence-corrected chi connectivity index (χ4v) is 1.46. The lowest BCUT2D eigenvalue weighted by Gasteiger charge is -2.21. The second-order valence-corrected chi connectivity index (χ2v) is 4.16. The van der Waals surface area contributed by atoms with Crippen molar-refractivity contribution in [3.05, 3.63) is 17.8 Å². The lowest BCUT2D eigenvalue weighted by molar-refractivity contribution is -0.130. The van der Waals surface area contributed by atoms with Gasteiger partial charge in [0.1, 0.15) is 6.04 Å². The van der Waals surface area contributed by atoms with Gasteiger partial charge < -0.3 is 21.1 Å². The summed E-state index contributed by atoms with van der Waals surface area (Å²) in [6.07, 6.45) is 0. The Morgan fingerprint density at radius 1 is 1.53 bits per heavy atom. The fourth-order valence-electron chi connectivity index (χ4n) is 1.46. The molecule has 1 unspecified atom stereocenters. The number of rotatable bonds is 5. The van der Waals surface area contributed by atoms with E-state index in [0.29, 0.717) is 12.2 Å². The first-order valence-electron chi connectivity index (χ1n) is 5.88. The van der Waals surface area contributed by atoms with Crippen LogP contribution in [0.5, 0.6) is 0 Å². The van der Waals surface area contributed by atoms with Crippen LogP contribution in [0.2, 0.25) is 0 Å².